The summed E-state index contributed by atoms with van der Waals surface area (Å²) < 4.78 is 15.8. The number of methoxy groups -OCH3 is 2. The number of ether oxygens (including phenoxy) is 3. The lowest BCUT2D eigenvalue weighted by molar-refractivity contribution is -0.269. The molecule has 118 valence electrons. The molecule has 0 radical (unpaired) electrons. The highest BCUT2D eigenvalue weighted by atomic mass is 16.7. The summed E-state index contributed by atoms with van der Waals surface area (Å²) >= 11 is 0. The average Bonchev–Trinajstić information content (AvgIpc) is 2.31. The van der Waals surface area contributed by atoms with Crippen molar-refractivity contribution in [1.29, 1.82) is 0 Å². The number of carbonyl (C=O) groups is 1. The van der Waals surface area contributed by atoms with Crippen molar-refractivity contribution < 1.29 is 29.2 Å². The second-order valence-corrected chi connectivity index (χ2v) is 5.72. The van der Waals surface area contributed by atoms with Crippen LogP contribution in [0, 0.1) is 0 Å². The lowest BCUT2D eigenvalue weighted by Crippen LogP contribution is -2.63. The minimum absolute atomic E-state index is 0.0612. The van der Waals surface area contributed by atoms with Crippen molar-refractivity contribution in [2.75, 3.05) is 14.2 Å². The smallest absolute Gasteiger partial charge is 0.223 e. The van der Waals surface area contributed by atoms with Crippen LogP contribution in [0.15, 0.2) is 0 Å². The lowest BCUT2D eigenvalue weighted by atomic mass is 9.96. The molecule has 5 atom stereocenters. The van der Waals surface area contributed by atoms with Gasteiger partial charge in [0, 0.05) is 14.2 Å². The molecule has 1 saturated heterocycles. The van der Waals surface area contributed by atoms with E-state index in [1.807, 2.05) is 0 Å². The largest absolute Gasteiger partial charge is 0.390 e. The number of hydrogen-bond acceptors (Lipinski definition) is 6. The zero-order valence-corrected chi connectivity index (χ0v) is 12.6. The first kappa shape index (κ1) is 17.3. The monoisotopic (exact) mass is 291 g/mol. The first-order valence-electron chi connectivity index (χ1n) is 6.60. The highest BCUT2D eigenvalue weighted by molar-refractivity contribution is 5.77. The molecular formula is C13H25NO6. The maximum atomic E-state index is 11.9. The first-order valence-corrected chi connectivity index (χ1v) is 6.60. The lowest BCUT2D eigenvalue weighted by Gasteiger charge is -2.42. The van der Waals surface area contributed by atoms with Crippen molar-refractivity contribution in [2.24, 2.45) is 0 Å². The summed E-state index contributed by atoms with van der Waals surface area (Å²) in [4.78, 5) is 11.9. The van der Waals surface area contributed by atoms with Crippen molar-refractivity contribution >= 4 is 5.91 Å². The summed E-state index contributed by atoms with van der Waals surface area (Å²) in [6.45, 7) is 4.82. The summed E-state index contributed by atoms with van der Waals surface area (Å²) in [5, 5.41) is 22.6. The average molecular weight is 291 g/mol. The van der Waals surface area contributed by atoms with Gasteiger partial charge in [-0.1, -0.05) is 0 Å². The Morgan fingerprint density at radius 1 is 1.35 bits per heavy atom. The molecule has 0 spiro atoms. The minimum atomic E-state index is -1.11. The van der Waals surface area contributed by atoms with Gasteiger partial charge in [0.1, 0.15) is 12.2 Å². The number of aliphatic hydroxyl groups excluding tert-OH is 1. The van der Waals surface area contributed by atoms with Crippen LogP contribution in [0.4, 0.5) is 0 Å². The van der Waals surface area contributed by atoms with Crippen LogP contribution in [0.5, 0.6) is 0 Å². The molecule has 1 fully saturated rings. The molecule has 0 aliphatic carbocycles. The van der Waals surface area contributed by atoms with Gasteiger partial charge in [-0.05, 0) is 20.8 Å². The van der Waals surface area contributed by atoms with E-state index in [2.05, 4.69) is 5.32 Å². The molecule has 3 N–H and O–H groups in total. The number of hydrogen-bond donors (Lipinski definition) is 3. The van der Waals surface area contributed by atoms with Gasteiger partial charge in [0.25, 0.3) is 0 Å². The Morgan fingerprint density at radius 2 is 1.95 bits per heavy atom. The van der Waals surface area contributed by atoms with Gasteiger partial charge < -0.3 is 29.7 Å². The predicted octanol–water partition coefficient (Wildman–Crippen LogP) is -0.601. The Kier molecular flexibility index (Phi) is 5.91. The number of carbonyl (C=O) groups excluding carboxylic acids is 1. The van der Waals surface area contributed by atoms with E-state index in [0.717, 1.165) is 0 Å². The van der Waals surface area contributed by atoms with E-state index < -0.39 is 36.2 Å². The minimum Gasteiger partial charge on any atom is -0.390 e. The SMILES string of the molecule is CO[C@@H]1O[C@H](C)[C@@H](NC(=O)CC(C)(C)O)[C@H](O)[C@H]1OC. The van der Waals surface area contributed by atoms with E-state index in [-0.39, 0.29) is 12.3 Å². The molecule has 1 aliphatic heterocycles. The molecule has 0 aromatic heterocycles. The second-order valence-electron chi connectivity index (χ2n) is 5.72. The van der Waals surface area contributed by atoms with Crippen molar-refractivity contribution in [3.8, 4) is 0 Å². The Hall–Kier alpha value is -0.730. The van der Waals surface area contributed by atoms with Gasteiger partial charge in [-0.25, -0.2) is 0 Å². The fraction of sp³-hybridized carbons (Fsp3) is 0.923. The number of amides is 1. The Morgan fingerprint density at radius 3 is 2.40 bits per heavy atom. The molecule has 0 aromatic rings. The van der Waals surface area contributed by atoms with Crippen molar-refractivity contribution in [3.63, 3.8) is 0 Å². The van der Waals surface area contributed by atoms with Crippen LogP contribution in [0.3, 0.4) is 0 Å². The molecule has 0 unspecified atom stereocenters. The van der Waals surface area contributed by atoms with Crippen LogP contribution in [0.1, 0.15) is 27.2 Å². The molecule has 0 bridgehead atoms. The quantitative estimate of drug-likeness (QED) is 0.626. The molecule has 7 nitrogen and oxygen atoms in total. The third-order valence-corrected chi connectivity index (χ3v) is 3.25. The van der Waals surface area contributed by atoms with Gasteiger partial charge in [0.05, 0.1) is 24.2 Å². The molecule has 0 saturated carbocycles. The molecule has 7 heteroatoms. The van der Waals surface area contributed by atoms with Crippen molar-refractivity contribution in [2.45, 2.75) is 63.4 Å². The fourth-order valence-corrected chi connectivity index (χ4v) is 2.29. The van der Waals surface area contributed by atoms with E-state index in [1.54, 1.807) is 20.8 Å². The van der Waals surface area contributed by atoms with Crippen molar-refractivity contribution in [3.05, 3.63) is 0 Å². The fourth-order valence-electron chi connectivity index (χ4n) is 2.29. The maximum Gasteiger partial charge on any atom is 0.223 e. The van der Waals surface area contributed by atoms with Gasteiger partial charge in [-0.3, -0.25) is 4.79 Å². The van der Waals surface area contributed by atoms with Gasteiger partial charge >= 0.3 is 0 Å². The van der Waals surface area contributed by atoms with Crippen LogP contribution in [0.25, 0.3) is 0 Å². The van der Waals surface area contributed by atoms with Gasteiger partial charge in [-0.2, -0.15) is 0 Å². The van der Waals surface area contributed by atoms with E-state index in [0.29, 0.717) is 0 Å². The zero-order valence-electron chi connectivity index (χ0n) is 12.6. The van der Waals surface area contributed by atoms with E-state index in [1.165, 1.54) is 14.2 Å². The zero-order chi connectivity index (χ0) is 15.5. The Bertz CT molecular complexity index is 329. The molecule has 0 aromatic carbocycles. The summed E-state index contributed by atoms with van der Waals surface area (Å²) in [5.74, 6) is -0.359. The Labute approximate surface area is 119 Å². The molecule has 1 aliphatic rings. The highest BCUT2D eigenvalue weighted by Crippen LogP contribution is 2.23. The maximum absolute atomic E-state index is 11.9. The van der Waals surface area contributed by atoms with Crippen LogP contribution in [0.2, 0.25) is 0 Å². The van der Waals surface area contributed by atoms with Gasteiger partial charge in [0.2, 0.25) is 5.91 Å². The van der Waals surface area contributed by atoms with E-state index in [9.17, 15) is 15.0 Å². The molecule has 1 amide bonds. The van der Waals surface area contributed by atoms with Crippen LogP contribution >= 0.6 is 0 Å². The summed E-state index contributed by atoms with van der Waals surface area (Å²) in [6, 6.07) is -0.624. The van der Waals surface area contributed by atoms with Gasteiger partial charge in [-0.15, -0.1) is 0 Å². The number of nitrogens with one attached hydrogen (secondary N) is 1. The summed E-state index contributed by atoms with van der Waals surface area (Å²) in [5.41, 5.74) is -1.11. The molecule has 1 rings (SSSR count). The van der Waals surface area contributed by atoms with Crippen molar-refractivity contribution in [1.82, 2.24) is 5.32 Å². The molecule has 1 heterocycles. The van der Waals surface area contributed by atoms with E-state index >= 15 is 0 Å². The predicted molar refractivity (Wildman–Crippen MR) is 71.0 cm³/mol. The number of rotatable bonds is 5. The Balaban J connectivity index is 2.71. The van der Waals surface area contributed by atoms with E-state index in [4.69, 9.17) is 14.2 Å². The topological polar surface area (TPSA) is 97.3 Å². The normalized spacial score (nSPS) is 34.9. The molecular weight excluding hydrogens is 266 g/mol. The third-order valence-electron chi connectivity index (χ3n) is 3.25. The second kappa shape index (κ2) is 6.82. The number of aliphatic hydroxyl groups is 2. The van der Waals surface area contributed by atoms with Crippen LogP contribution in [-0.2, 0) is 19.0 Å². The summed E-state index contributed by atoms with van der Waals surface area (Å²) in [6.07, 6.45) is -2.84. The van der Waals surface area contributed by atoms with Crippen LogP contribution < -0.4 is 5.32 Å². The third kappa shape index (κ3) is 4.39. The summed E-state index contributed by atoms with van der Waals surface area (Å²) in [7, 11) is 2.90. The van der Waals surface area contributed by atoms with Crippen LogP contribution in [-0.4, -0.2) is 66.6 Å². The standard InChI is InChI=1S/C13H25NO6/c1-7-9(14-8(15)6-13(2,3)17)10(16)11(18-4)12(19-5)20-7/h7,9-12,16-17H,6H2,1-5H3,(H,14,15)/t7-,9-,10+,11-,12-/m1/s1. The van der Waals surface area contributed by atoms with Gasteiger partial charge in [0.15, 0.2) is 6.29 Å². The highest BCUT2D eigenvalue weighted by Gasteiger charge is 2.44. The molecule has 20 heavy (non-hydrogen) atoms. The first-order chi connectivity index (χ1) is 9.19.